The zero-order chi connectivity index (χ0) is 10.9. The van der Waals surface area contributed by atoms with E-state index >= 15 is 0 Å². The second-order valence-corrected chi connectivity index (χ2v) is 4.85. The van der Waals surface area contributed by atoms with Crippen molar-refractivity contribution < 1.29 is 21.7 Å². The first-order valence-electron chi connectivity index (χ1n) is 6.56. The SMILES string of the molecule is C1CCOC1.CC(C)[N-]C1CCCCC1.[Br-].[Mg+2]. The van der Waals surface area contributed by atoms with Crippen LogP contribution < -0.4 is 17.0 Å². The van der Waals surface area contributed by atoms with E-state index in [4.69, 9.17) is 4.74 Å². The largest absolute Gasteiger partial charge is 2.00 e. The monoisotopic (exact) mass is 315 g/mol. The molecule has 0 radical (unpaired) electrons. The Balaban J connectivity index is 0. The maximum absolute atomic E-state index is 4.94. The van der Waals surface area contributed by atoms with Gasteiger partial charge in [-0.2, -0.15) is 0 Å². The Bertz CT molecular complexity index is 141. The molecule has 0 spiro atoms. The summed E-state index contributed by atoms with van der Waals surface area (Å²) in [5.74, 6) is 0. The van der Waals surface area contributed by atoms with Gasteiger partial charge in [0.2, 0.25) is 0 Å². The number of rotatable bonds is 2. The van der Waals surface area contributed by atoms with Gasteiger partial charge in [-0.1, -0.05) is 46.0 Å². The third-order valence-electron chi connectivity index (χ3n) is 2.91. The van der Waals surface area contributed by atoms with E-state index in [1.54, 1.807) is 0 Å². The van der Waals surface area contributed by atoms with Gasteiger partial charge in [-0.25, -0.2) is 0 Å². The van der Waals surface area contributed by atoms with E-state index in [2.05, 4.69) is 19.2 Å². The maximum atomic E-state index is 4.94. The van der Waals surface area contributed by atoms with E-state index < -0.39 is 0 Å². The fraction of sp³-hybridized carbons (Fsp3) is 1.00. The van der Waals surface area contributed by atoms with Crippen LogP contribution in [0.1, 0.15) is 58.8 Å². The van der Waals surface area contributed by atoms with Crippen LogP contribution in [0.4, 0.5) is 0 Å². The number of hydrogen-bond acceptors (Lipinski definition) is 1. The van der Waals surface area contributed by atoms with Gasteiger partial charge in [-0.3, -0.25) is 0 Å². The molecule has 0 N–H and O–H groups in total. The minimum absolute atomic E-state index is 0. The van der Waals surface area contributed by atoms with Gasteiger partial charge in [0, 0.05) is 13.2 Å². The van der Waals surface area contributed by atoms with Crippen LogP contribution in [-0.4, -0.2) is 48.4 Å². The number of nitrogens with zero attached hydrogens (tertiary/aromatic N) is 1. The molecule has 17 heavy (non-hydrogen) atoms. The Morgan fingerprint density at radius 2 is 1.47 bits per heavy atom. The first-order valence-corrected chi connectivity index (χ1v) is 6.56. The number of halogens is 1. The molecule has 2 nitrogen and oxygen atoms in total. The van der Waals surface area contributed by atoms with Crippen molar-refractivity contribution in [2.45, 2.75) is 70.9 Å². The van der Waals surface area contributed by atoms with Crippen molar-refractivity contribution in [2.24, 2.45) is 0 Å². The summed E-state index contributed by atoms with van der Waals surface area (Å²) >= 11 is 0. The van der Waals surface area contributed by atoms with Crippen molar-refractivity contribution >= 4 is 23.1 Å². The molecule has 2 aliphatic rings. The van der Waals surface area contributed by atoms with Crippen molar-refractivity contribution in [1.82, 2.24) is 0 Å². The summed E-state index contributed by atoms with van der Waals surface area (Å²) in [5, 5.41) is 4.64. The van der Waals surface area contributed by atoms with Crippen LogP contribution in [0.5, 0.6) is 0 Å². The average molecular weight is 317 g/mol. The van der Waals surface area contributed by atoms with Crippen LogP contribution in [0, 0.1) is 0 Å². The Labute approximate surface area is 134 Å². The second-order valence-electron chi connectivity index (χ2n) is 4.85. The van der Waals surface area contributed by atoms with E-state index in [0.717, 1.165) is 13.2 Å². The molecule has 0 unspecified atom stereocenters. The molecule has 1 saturated heterocycles. The van der Waals surface area contributed by atoms with Gasteiger partial charge in [-0.05, 0) is 12.8 Å². The van der Waals surface area contributed by atoms with Crippen molar-refractivity contribution in [3.63, 3.8) is 0 Å². The predicted octanol–water partition coefficient (Wildman–Crippen LogP) is 0.521. The van der Waals surface area contributed by atoms with Crippen LogP contribution >= 0.6 is 0 Å². The summed E-state index contributed by atoms with van der Waals surface area (Å²) in [6.45, 7) is 6.35. The van der Waals surface area contributed by atoms with E-state index in [9.17, 15) is 0 Å². The smallest absolute Gasteiger partial charge is 1.00 e. The molecule has 1 aliphatic heterocycles. The summed E-state index contributed by atoms with van der Waals surface area (Å²) in [7, 11) is 0. The van der Waals surface area contributed by atoms with Crippen LogP contribution in [0.2, 0.25) is 0 Å². The molecular formula is C13H26BrMgNO. The molecule has 0 bridgehead atoms. The van der Waals surface area contributed by atoms with Gasteiger partial charge in [0.1, 0.15) is 0 Å². The molecule has 0 aromatic rings. The third-order valence-corrected chi connectivity index (χ3v) is 2.91. The summed E-state index contributed by atoms with van der Waals surface area (Å²) in [5.41, 5.74) is 0. The second kappa shape index (κ2) is 13.6. The summed E-state index contributed by atoms with van der Waals surface area (Å²) in [6, 6.07) is 1.25. The van der Waals surface area contributed by atoms with Gasteiger partial charge in [-0.15, -0.1) is 12.1 Å². The van der Waals surface area contributed by atoms with Gasteiger partial charge in [0.05, 0.1) is 0 Å². The summed E-state index contributed by atoms with van der Waals surface area (Å²) < 4.78 is 4.94. The Morgan fingerprint density at radius 1 is 0.941 bits per heavy atom. The van der Waals surface area contributed by atoms with Crippen LogP contribution in [-0.2, 0) is 4.74 Å². The third kappa shape index (κ3) is 12.0. The molecule has 1 saturated carbocycles. The Hall–Kier alpha value is 1.17. The molecule has 2 rings (SSSR count). The first kappa shape index (κ1) is 20.5. The first-order chi connectivity index (χ1) is 7.29. The molecule has 2 fully saturated rings. The number of ether oxygens (including phenoxy) is 1. The zero-order valence-electron chi connectivity index (χ0n) is 11.5. The molecular weight excluding hydrogens is 290 g/mol. The van der Waals surface area contributed by atoms with Crippen molar-refractivity contribution in [1.29, 1.82) is 0 Å². The van der Waals surface area contributed by atoms with Crippen LogP contribution in [0.3, 0.4) is 0 Å². The molecule has 4 heteroatoms. The van der Waals surface area contributed by atoms with Crippen molar-refractivity contribution in [3.8, 4) is 0 Å². The van der Waals surface area contributed by atoms with E-state index in [1.807, 2.05) is 0 Å². The molecule has 1 aliphatic carbocycles. The molecule has 98 valence electrons. The quantitative estimate of drug-likeness (QED) is 0.681. The predicted molar refractivity (Wildman–Crippen MR) is 71.2 cm³/mol. The van der Waals surface area contributed by atoms with Crippen molar-refractivity contribution in [2.75, 3.05) is 13.2 Å². The van der Waals surface area contributed by atoms with Crippen LogP contribution in [0.25, 0.3) is 5.32 Å². The minimum Gasteiger partial charge on any atom is -1.00 e. The average Bonchev–Trinajstić information content (AvgIpc) is 2.76. The van der Waals surface area contributed by atoms with E-state index in [0.29, 0.717) is 12.1 Å². The van der Waals surface area contributed by atoms with Gasteiger partial charge in [0.25, 0.3) is 0 Å². The number of hydrogen-bond donors (Lipinski definition) is 0. The van der Waals surface area contributed by atoms with Crippen LogP contribution in [0.15, 0.2) is 0 Å². The Kier molecular flexibility index (Phi) is 16.4. The fourth-order valence-corrected chi connectivity index (χ4v) is 2.16. The molecule has 0 amide bonds. The minimum atomic E-state index is 0. The summed E-state index contributed by atoms with van der Waals surface area (Å²) in [6.07, 6.45) is 9.49. The topological polar surface area (TPSA) is 23.3 Å². The maximum Gasteiger partial charge on any atom is 2.00 e. The summed E-state index contributed by atoms with van der Waals surface area (Å²) in [4.78, 5) is 0. The molecule has 0 aromatic heterocycles. The van der Waals surface area contributed by atoms with E-state index in [-0.39, 0.29) is 40.0 Å². The van der Waals surface area contributed by atoms with Crippen molar-refractivity contribution in [3.05, 3.63) is 5.32 Å². The molecule has 0 aromatic carbocycles. The zero-order valence-corrected chi connectivity index (χ0v) is 14.5. The molecule has 0 atom stereocenters. The standard InChI is InChI=1S/C9H18N.C4H8O.BrH.Mg/c1-8(2)10-9-6-4-3-5-7-9;1-2-4-5-3-1;;/h8-9H,3-7H2,1-2H3;1-4H2;1H;/q-1;;;+2/p-1. The van der Waals surface area contributed by atoms with Gasteiger partial charge < -0.3 is 27.0 Å². The molecule has 1 heterocycles. The van der Waals surface area contributed by atoms with Gasteiger partial charge >= 0.3 is 23.1 Å². The normalized spacial score (nSPS) is 19.9. The fourth-order valence-electron chi connectivity index (χ4n) is 2.16. The Morgan fingerprint density at radius 3 is 1.82 bits per heavy atom. The van der Waals surface area contributed by atoms with Gasteiger partial charge in [0.15, 0.2) is 0 Å². The van der Waals surface area contributed by atoms with E-state index in [1.165, 1.54) is 44.9 Å².